The molecule has 0 aromatic carbocycles. The summed E-state index contributed by atoms with van der Waals surface area (Å²) in [6.07, 6.45) is 1.61. The highest BCUT2D eigenvalue weighted by atomic mass is 28.2. The van der Waals surface area contributed by atoms with Crippen molar-refractivity contribution in [2.75, 3.05) is 0 Å². The molecule has 9 heavy (non-hydrogen) atoms. The molecule has 0 saturated carbocycles. The van der Waals surface area contributed by atoms with E-state index in [1.54, 1.807) is 0 Å². The quantitative estimate of drug-likeness (QED) is 0.378. The minimum Gasteiger partial charge on any atom is -0.526 e. The van der Waals surface area contributed by atoms with Gasteiger partial charge in [-0.15, -0.1) is 0 Å². The van der Waals surface area contributed by atoms with Crippen molar-refractivity contribution in [3.8, 4) is 0 Å². The standard InChI is InChI=1S/C4H6O4Si/c5-3(6)1-2-4(7)8-9/h1-2H,9H3,(H,5,6)/b2-1+. The first kappa shape index (κ1) is 7.90. The largest absolute Gasteiger partial charge is 0.526 e. The lowest BCUT2D eigenvalue weighted by atomic mass is 10.5. The molecule has 0 atom stereocenters. The van der Waals surface area contributed by atoms with Crippen molar-refractivity contribution in [3.05, 3.63) is 12.2 Å². The summed E-state index contributed by atoms with van der Waals surface area (Å²) in [4.78, 5) is 19.9. The van der Waals surface area contributed by atoms with E-state index < -0.39 is 11.9 Å². The van der Waals surface area contributed by atoms with E-state index in [0.29, 0.717) is 0 Å². The number of carbonyl (C=O) groups excluding carboxylic acids is 1. The van der Waals surface area contributed by atoms with Crippen molar-refractivity contribution in [3.63, 3.8) is 0 Å². The molecule has 0 fully saturated rings. The van der Waals surface area contributed by atoms with E-state index in [-0.39, 0.29) is 10.5 Å². The molecule has 0 saturated heterocycles. The summed E-state index contributed by atoms with van der Waals surface area (Å²) >= 11 is 0. The topological polar surface area (TPSA) is 63.6 Å². The third-order valence-corrected chi connectivity index (χ3v) is 0.966. The second-order valence-corrected chi connectivity index (χ2v) is 1.60. The van der Waals surface area contributed by atoms with Crippen molar-refractivity contribution in [2.45, 2.75) is 0 Å². The summed E-state index contributed by atoms with van der Waals surface area (Å²) in [7, 11) is 0.289. The Morgan fingerprint density at radius 1 is 1.44 bits per heavy atom. The summed E-state index contributed by atoms with van der Waals surface area (Å²) in [6, 6.07) is 0. The predicted octanol–water partition coefficient (Wildman–Crippen LogP) is -1.55. The summed E-state index contributed by atoms with van der Waals surface area (Å²) in [5, 5.41) is 7.97. The maximum absolute atomic E-state index is 10.2. The average molecular weight is 146 g/mol. The van der Waals surface area contributed by atoms with Crippen LogP contribution in [0.1, 0.15) is 0 Å². The molecule has 0 bridgehead atoms. The Morgan fingerprint density at radius 3 is 2.33 bits per heavy atom. The lowest BCUT2D eigenvalue weighted by Crippen LogP contribution is -1.97. The van der Waals surface area contributed by atoms with E-state index in [1.807, 2.05) is 0 Å². The van der Waals surface area contributed by atoms with E-state index in [1.165, 1.54) is 0 Å². The molecule has 0 aliphatic carbocycles. The molecule has 0 unspecified atom stereocenters. The normalized spacial score (nSPS) is 9.78. The van der Waals surface area contributed by atoms with Gasteiger partial charge in [0.2, 0.25) is 10.5 Å². The molecule has 1 N–H and O–H groups in total. The molecule has 0 amide bonds. The average Bonchev–Trinajstić information content (AvgIpc) is 1.83. The van der Waals surface area contributed by atoms with Gasteiger partial charge in [-0.3, -0.25) is 0 Å². The number of hydrogen-bond acceptors (Lipinski definition) is 3. The number of carbonyl (C=O) groups is 2. The number of carboxylic acids is 1. The van der Waals surface area contributed by atoms with Crippen LogP contribution in [0.3, 0.4) is 0 Å². The SMILES string of the molecule is O=C(O)/C=C/C(=O)O[SiH3]. The molecule has 0 aromatic rings. The molecule has 0 aromatic heterocycles. The van der Waals surface area contributed by atoms with E-state index in [9.17, 15) is 9.59 Å². The van der Waals surface area contributed by atoms with Gasteiger partial charge in [0.1, 0.15) is 0 Å². The summed E-state index contributed by atoms with van der Waals surface area (Å²) < 4.78 is 4.25. The fourth-order valence-electron chi connectivity index (χ4n) is 0.207. The van der Waals surface area contributed by atoms with Crippen LogP contribution in [-0.4, -0.2) is 27.5 Å². The Labute approximate surface area is 54.7 Å². The van der Waals surface area contributed by atoms with Crippen molar-refractivity contribution in [2.24, 2.45) is 0 Å². The van der Waals surface area contributed by atoms with Gasteiger partial charge in [-0.1, -0.05) is 0 Å². The van der Waals surface area contributed by atoms with Crippen molar-refractivity contribution >= 4 is 22.4 Å². The third-order valence-electron chi connectivity index (χ3n) is 0.563. The van der Waals surface area contributed by atoms with E-state index in [2.05, 4.69) is 4.43 Å². The zero-order valence-electron chi connectivity index (χ0n) is 4.83. The van der Waals surface area contributed by atoms with E-state index in [4.69, 9.17) is 5.11 Å². The van der Waals surface area contributed by atoms with Crippen LogP contribution in [-0.2, 0) is 14.0 Å². The van der Waals surface area contributed by atoms with Crippen molar-refractivity contribution in [1.82, 2.24) is 0 Å². The van der Waals surface area contributed by atoms with Crippen LogP contribution < -0.4 is 0 Å². The van der Waals surface area contributed by atoms with Crippen LogP contribution in [0.4, 0.5) is 0 Å². The maximum Gasteiger partial charge on any atom is 0.328 e. The summed E-state index contributed by atoms with van der Waals surface area (Å²) in [5.74, 6) is -1.76. The Balaban J connectivity index is 3.71. The second-order valence-electron chi connectivity index (χ2n) is 1.19. The van der Waals surface area contributed by atoms with Crippen LogP contribution in [0.2, 0.25) is 0 Å². The molecule has 50 valence electrons. The fraction of sp³-hybridized carbons (Fsp3) is 0. The van der Waals surface area contributed by atoms with Crippen molar-refractivity contribution < 1.29 is 19.1 Å². The van der Waals surface area contributed by atoms with Gasteiger partial charge >= 0.3 is 11.9 Å². The van der Waals surface area contributed by atoms with Gasteiger partial charge in [-0.25, -0.2) is 9.59 Å². The number of carboxylic acid groups (broad SMARTS) is 1. The Morgan fingerprint density at radius 2 is 2.00 bits per heavy atom. The highest BCUT2D eigenvalue weighted by molar-refractivity contribution is 6.08. The second kappa shape index (κ2) is 3.85. The lowest BCUT2D eigenvalue weighted by Gasteiger charge is -1.86. The minimum atomic E-state index is -1.15. The van der Waals surface area contributed by atoms with Gasteiger partial charge < -0.3 is 9.53 Å². The Hall–Kier alpha value is -1.10. The molecule has 0 spiro atoms. The molecule has 5 heteroatoms. The minimum absolute atomic E-state index is 0.289. The zero-order chi connectivity index (χ0) is 7.28. The molecular weight excluding hydrogens is 140 g/mol. The van der Waals surface area contributed by atoms with Crippen LogP contribution in [0.15, 0.2) is 12.2 Å². The first-order valence-electron chi connectivity index (χ1n) is 2.15. The molecule has 0 heterocycles. The first-order chi connectivity index (χ1) is 4.16. The summed E-state index contributed by atoms with van der Waals surface area (Å²) in [5.41, 5.74) is 0. The fourth-order valence-corrected chi connectivity index (χ4v) is 0.343. The predicted molar refractivity (Wildman–Crippen MR) is 32.8 cm³/mol. The van der Waals surface area contributed by atoms with Gasteiger partial charge in [-0.05, 0) is 0 Å². The van der Waals surface area contributed by atoms with Gasteiger partial charge in [0.05, 0.1) is 0 Å². The monoisotopic (exact) mass is 146 g/mol. The summed E-state index contributed by atoms with van der Waals surface area (Å²) in [6.45, 7) is 0. The Bertz CT molecular complexity index is 151. The van der Waals surface area contributed by atoms with Gasteiger partial charge in [-0.2, -0.15) is 0 Å². The highest BCUT2D eigenvalue weighted by Gasteiger charge is 1.91. The van der Waals surface area contributed by atoms with Gasteiger partial charge in [0, 0.05) is 12.2 Å². The van der Waals surface area contributed by atoms with Crippen LogP contribution >= 0.6 is 0 Å². The smallest absolute Gasteiger partial charge is 0.328 e. The van der Waals surface area contributed by atoms with Crippen molar-refractivity contribution in [1.29, 1.82) is 0 Å². The van der Waals surface area contributed by atoms with Crippen LogP contribution in [0.5, 0.6) is 0 Å². The number of rotatable bonds is 2. The lowest BCUT2D eigenvalue weighted by molar-refractivity contribution is -0.133. The third kappa shape index (κ3) is 4.76. The molecule has 0 rings (SSSR count). The van der Waals surface area contributed by atoms with E-state index in [0.717, 1.165) is 12.2 Å². The van der Waals surface area contributed by atoms with E-state index >= 15 is 0 Å². The van der Waals surface area contributed by atoms with Crippen LogP contribution in [0, 0.1) is 0 Å². The highest BCUT2D eigenvalue weighted by Crippen LogP contribution is 1.75. The maximum atomic E-state index is 10.2. The number of hydrogen-bond donors (Lipinski definition) is 1. The molecule has 4 nitrogen and oxygen atoms in total. The number of aliphatic carboxylic acids is 1. The van der Waals surface area contributed by atoms with Crippen LogP contribution in [0.25, 0.3) is 0 Å². The van der Waals surface area contributed by atoms with Gasteiger partial charge in [0.25, 0.3) is 0 Å². The zero-order valence-corrected chi connectivity index (χ0v) is 6.83. The van der Waals surface area contributed by atoms with Gasteiger partial charge in [0.15, 0.2) is 0 Å². The molecule has 0 radical (unpaired) electrons. The molecule has 0 aliphatic heterocycles. The first-order valence-corrected chi connectivity index (χ1v) is 2.97. The Kier molecular flexibility index (Phi) is 3.37. The molecular formula is C4H6O4Si. The molecule has 0 aliphatic rings.